The number of carboxylic acids is 1. The molecular weight excluding hydrogens is 218 g/mol. The van der Waals surface area contributed by atoms with E-state index >= 15 is 0 Å². The minimum Gasteiger partial charge on any atom is -0.488 e. The molecule has 0 heterocycles. The van der Waals surface area contributed by atoms with Gasteiger partial charge in [-0.25, -0.2) is 4.79 Å². The van der Waals surface area contributed by atoms with Crippen LogP contribution in [0, 0.1) is 0 Å². The summed E-state index contributed by atoms with van der Waals surface area (Å²) in [7, 11) is 0. The van der Waals surface area contributed by atoms with E-state index in [9.17, 15) is 4.79 Å². The number of ether oxygens (including phenoxy) is 1. The zero-order valence-electron chi connectivity index (χ0n) is 8.56. The predicted molar refractivity (Wildman–Crippen MR) is 60.8 cm³/mol. The first-order valence-corrected chi connectivity index (χ1v) is 4.30. The molecule has 5 heteroatoms. The van der Waals surface area contributed by atoms with E-state index in [0.717, 1.165) is 0 Å². The first-order chi connectivity index (χ1) is 6.52. The van der Waals surface area contributed by atoms with Crippen LogP contribution in [0.3, 0.4) is 0 Å². The summed E-state index contributed by atoms with van der Waals surface area (Å²) in [4.78, 5) is 10.8. The van der Waals surface area contributed by atoms with E-state index < -0.39 is 5.97 Å². The van der Waals surface area contributed by atoms with Crippen molar-refractivity contribution in [3.05, 3.63) is 23.8 Å². The van der Waals surface area contributed by atoms with E-state index in [1.807, 2.05) is 13.8 Å². The molecule has 0 aliphatic carbocycles. The number of para-hydroxylation sites is 1. The molecule has 0 spiro atoms. The van der Waals surface area contributed by atoms with Crippen LogP contribution >= 0.6 is 12.4 Å². The van der Waals surface area contributed by atoms with Crippen molar-refractivity contribution in [1.29, 1.82) is 0 Å². The molecule has 0 aliphatic rings. The SMILES string of the molecule is CC(C)Oc1c(N)cccc1C(=O)O.Cl. The van der Waals surface area contributed by atoms with Crippen LogP contribution in [0.4, 0.5) is 5.69 Å². The van der Waals surface area contributed by atoms with E-state index in [1.54, 1.807) is 12.1 Å². The van der Waals surface area contributed by atoms with Crippen LogP contribution in [0.15, 0.2) is 18.2 Å². The number of halogens is 1. The average Bonchev–Trinajstić information content (AvgIpc) is 2.07. The lowest BCUT2D eigenvalue weighted by Gasteiger charge is -2.14. The molecule has 0 aliphatic heterocycles. The smallest absolute Gasteiger partial charge is 0.339 e. The summed E-state index contributed by atoms with van der Waals surface area (Å²) in [6, 6.07) is 4.67. The molecule has 3 N–H and O–H groups in total. The molecule has 0 bridgehead atoms. The van der Waals surface area contributed by atoms with Gasteiger partial charge in [0.2, 0.25) is 0 Å². The van der Waals surface area contributed by atoms with Gasteiger partial charge in [-0.1, -0.05) is 6.07 Å². The van der Waals surface area contributed by atoms with Crippen LogP contribution in [0.2, 0.25) is 0 Å². The Morgan fingerprint density at radius 2 is 2.07 bits per heavy atom. The quantitative estimate of drug-likeness (QED) is 0.782. The molecule has 0 radical (unpaired) electrons. The first-order valence-electron chi connectivity index (χ1n) is 4.30. The molecule has 15 heavy (non-hydrogen) atoms. The maximum absolute atomic E-state index is 10.8. The van der Waals surface area contributed by atoms with Gasteiger partial charge in [0.05, 0.1) is 11.8 Å². The maximum Gasteiger partial charge on any atom is 0.339 e. The van der Waals surface area contributed by atoms with Gasteiger partial charge in [-0.05, 0) is 26.0 Å². The summed E-state index contributed by atoms with van der Waals surface area (Å²) < 4.78 is 5.33. The topological polar surface area (TPSA) is 72.5 Å². The van der Waals surface area contributed by atoms with Crippen molar-refractivity contribution in [2.24, 2.45) is 0 Å². The molecule has 1 aromatic carbocycles. The van der Waals surface area contributed by atoms with E-state index in [0.29, 0.717) is 5.69 Å². The van der Waals surface area contributed by atoms with Crippen molar-refractivity contribution in [3.8, 4) is 5.75 Å². The zero-order valence-corrected chi connectivity index (χ0v) is 9.38. The van der Waals surface area contributed by atoms with Gasteiger partial charge in [0, 0.05) is 0 Å². The fraction of sp³-hybridized carbons (Fsp3) is 0.300. The van der Waals surface area contributed by atoms with Gasteiger partial charge in [0.1, 0.15) is 5.56 Å². The van der Waals surface area contributed by atoms with Crippen LogP contribution in [0.25, 0.3) is 0 Å². The number of carbonyl (C=O) groups is 1. The fourth-order valence-electron chi connectivity index (χ4n) is 1.09. The van der Waals surface area contributed by atoms with E-state index in [2.05, 4.69) is 0 Å². The van der Waals surface area contributed by atoms with Gasteiger partial charge in [-0.15, -0.1) is 12.4 Å². The second-order valence-corrected chi connectivity index (χ2v) is 3.20. The van der Waals surface area contributed by atoms with Gasteiger partial charge in [-0.3, -0.25) is 0 Å². The lowest BCUT2D eigenvalue weighted by atomic mass is 10.1. The summed E-state index contributed by atoms with van der Waals surface area (Å²) in [5.41, 5.74) is 6.06. The van der Waals surface area contributed by atoms with Crippen LogP contribution in [-0.2, 0) is 0 Å². The number of rotatable bonds is 3. The van der Waals surface area contributed by atoms with Crippen molar-refractivity contribution in [2.45, 2.75) is 20.0 Å². The number of hydrogen-bond acceptors (Lipinski definition) is 3. The molecule has 0 atom stereocenters. The highest BCUT2D eigenvalue weighted by atomic mass is 35.5. The van der Waals surface area contributed by atoms with E-state index in [4.69, 9.17) is 15.6 Å². The third-order valence-corrected chi connectivity index (χ3v) is 1.63. The van der Waals surface area contributed by atoms with Crippen LogP contribution < -0.4 is 10.5 Å². The number of aromatic carboxylic acids is 1. The molecule has 0 unspecified atom stereocenters. The van der Waals surface area contributed by atoms with Gasteiger partial charge < -0.3 is 15.6 Å². The Labute approximate surface area is 94.5 Å². The normalized spacial score (nSPS) is 9.53. The van der Waals surface area contributed by atoms with Crippen molar-refractivity contribution in [3.63, 3.8) is 0 Å². The molecule has 0 amide bonds. The lowest BCUT2D eigenvalue weighted by molar-refractivity contribution is 0.0690. The zero-order chi connectivity index (χ0) is 10.7. The highest BCUT2D eigenvalue weighted by Gasteiger charge is 2.14. The number of nitrogen functional groups attached to an aromatic ring is 1. The van der Waals surface area contributed by atoms with Gasteiger partial charge in [-0.2, -0.15) is 0 Å². The Hall–Kier alpha value is -1.42. The van der Waals surface area contributed by atoms with Crippen LogP contribution in [-0.4, -0.2) is 17.2 Å². The van der Waals surface area contributed by atoms with Gasteiger partial charge >= 0.3 is 5.97 Å². The molecule has 0 fully saturated rings. The highest BCUT2D eigenvalue weighted by Crippen LogP contribution is 2.27. The summed E-state index contributed by atoms with van der Waals surface area (Å²) in [5.74, 6) is -0.789. The number of hydrogen-bond donors (Lipinski definition) is 2. The molecule has 0 saturated carbocycles. The second-order valence-electron chi connectivity index (χ2n) is 3.20. The standard InChI is InChI=1S/C10H13NO3.ClH/c1-6(2)14-9-7(10(12)13)4-3-5-8(9)11;/h3-6H,11H2,1-2H3,(H,12,13);1H. The minimum atomic E-state index is -1.03. The Morgan fingerprint density at radius 1 is 1.47 bits per heavy atom. The monoisotopic (exact) mass is 231 g/mol. The molecule has 0 aromatic heterocycles. The summed E-state index contributed by atoms with van der Waals surface area (Å²) >= 11 is 0. The summed E-state index contributed by atoms with van der Waals surface area (Å²) in [5, 5.41) is 8.87. The summed E-state index contributed by atoms with van der Waals surface area (Å²) in [6.45, 7) is 3.64. The molecule has 4 nitrogen and oxygen atoms in total. The highest BCUT2D eigenvalue weighted by molar-refractivity contribution is 5.93. The predicted octanol–water partition coefficient (Wildman–Crippen LogP) is 2.18. The Kier molecular flexibility index (Phi) is 4.94. The second kappa shape index (κ2) is 5.46. The summed E-state index contributed by atoms with van der Waals surface area (Å²) in [6.07, 6.45) is -0.0993. The van der Waals surface area contributed by atoms with Crippen LogP contribution in [0.5, 0.6) is 5.75 Å². The van der Waals surface area contributed by atoms with Crippen molar-refractivity contribution >= 4 is 24.1 Å². The van der Waals surface area contributed by atoms with E-state index in [-0.39, 0.29) is 29.8 Å². The molecule has 84 valence electrons. The Bertz CT molecular complexity index is 353. The van der Waals surface area contributed by atoms with Crippen LogP contribution in [0.1, 0.15) is 24.2 Å². The minimum absolute atomic E-state index is 0. The molecule has 1 aromatic rings. The maximum atomic E-state index is 10.8. The van der Waals surface area contributed by atoms with Gasteiger partial charge in [0.15, 0.2) is 5.75 Å². The average molecular weight is 232 g/mol. The third kappa shape index (κ3) is 3.32. The Morgan fingerprint density at radius 3 is 2.53 bits per heavy atom. The lowest BCUT2D eigenvalue weighted by Crippen LogP contribution is -2.11. The van der Waals surface area contributed by atoms with Gasteiger partial charge in [0.25, 0.3) is 0 Å². The Balaban J connectivity index is 0.00000196. The van der Waals surface area contributed by atoms with Crippen molar-refractivity contribution in [1.82, 2.24) is 0 Å². The fourth-order valence-corrected chi connectivity index (χ4v) is 1.09. The molecule has 1 rings (SSSR count). The first kappa shape index (κ1) is 13.6. The number of benzene rings is 1. The third-order valence-electron chi connectivity index (χ3n) is 1.63. The number of nitrogens with two attached hydrogens (primary N) is 1. The largest absolute Gasteiger partial charge is 0.488 e. The van der Waals surface area contributed by atoms with Crippen molar-refractivity contribution < 1.29 is 14.6 Å². The molecule has 0 saturated heterocycles. The molecular formula is C10H14ClNO3. The number of carboxylic acid groups (broad SMARTS) is 1. The van der Waals surface area contributed by atoms with E-state index in [1.165, 1.54) is 6.07 Å². The van der Waals surface area contributed by atoms with Crippen molar-refractivity contribution in [2.75, 3.05) is 5.73 Å². The number of anilines is 1.